The molecule has 102 valence electrons. The quantitative estimate of drug-likeness (QED) is 0.856. The van der Waals surface area contributed by atoms with E-state index in [1.807, 2.05) is 7.05 Å². The van der Waals surface area contributed by atoms with Crippen LogP contribution in [0.3, 0.4) is 0 Å². The largest absolute Gasteiger partial charge is 0.493 e. The van der Waals surface area contributed by atoms with Crippen LogP contribution in [0.25, 0.3) is 0 Å². The molecule has 1 N–H and O–H groups in total. The molecular weight excluding hydrogens is 250 g/mol. The van der Waals surface area contributed by atoms with Crippen molar-refractivity contribution in [1.29, 1.82) is 0 Å². The van der Waals surface area contributed by atoms with E-state index in [9.17, 15) is 8.42 Å². The van der Waals surface area contributed by atoms with Gasteiger partial charge in [0.15, 0.2) is 9.84 Å². The minimum absolute atomic E-state index is 0.0320. The third-order valence-corrected chi connectivity index (χ3v) is 3.67. The number of benzene rings is 1. The second kappa shape index (κ2) is 5.71. The molecule has 0 aliphatic rings. The molecule has 1 aromatic carbocycles. The van der Waals surface area contributed by atoms with E-state index >= 15 is 0 Å². The van der Waals surface area contributed by atoms with Gasteiger partial charge in [-0.05, 0) is 31.3 Å². The highest BCUT2D eigenvalue weighted by atomic mass is 32.2. The van der Waals surface area contributed by atoms with Crippen LogP contribution < -0.4 is 10.1 Å². The predicted octanol–water partition coefficient (Wildman–Crippen LogP) is 1.71. The molecule has 0 fully saturated rings. The third kappa shape index (κ3) is 4.66. The minimum Gasteiger partial charge on any atom is -0.493 e. The zero-order valence-electron chi connectivity index (χ0n) is 11.4. The summed E-state index contributed by atoms with van der Waals surface area (Å²) in [7, 11) is -1.23. The van der Waals surface area contributed by atoms with Gasteiger partial charge in [0.2, 0.25) is 0 Å². The highest BCUT2D eigenvalue weighted by molar-refractivity contribution is 7.90. The van der Waals surface area contributed by atoms with Gasteiger partial charge in [0.1, 0.15) is 5.75 Å². The summed E-state index contributed by atoms with van der Waals surface area (Å²) in [5.74, 6) is 0.687. The van der Waals surface area contributed by atoms with Gasteiger partial charge in [0, 0.05) is 18.2 Å². The molecule has 0 unspecified atom stereocenters. The molecule has 1 aromatic rings. The van der Waals surface area contributed by atoms with Crippen molar-refractivity contribution in [3.63, 3.8) is 0 Å². The topological polar surface area (TPSA) is 55.4 Å². The highest BCUT2D eigenvalue weighted by Crippen LogP contribution is 2.19. The lowest BCUT2D eigenvalue weighted by Crippen LogP contribution is -2.32. The van der Waals surface area contributed by atoms with Gasteiger partial charge in [-0.3, -0.25) is 0 Å². The molecule has 0 aliphatic carbocycles. The summed E-state index contributed by atoms with van der Waals surface area (Å²) in [6, 6.07) is 6.50. The zero-order valence-corrected chi connectivity index (χ0v) is 12.2. The van der Waals surface area contributed by atoms with Gasteiger partial charge in [-0.25, -0.2) is 8.42 Å². The maximum absolute atomic E-state index is 11.3. The van der Waals surface area contributed by atoms with E-state index in [2.05, 4.69) is 19.2 Å². The Balaban J connectivity index is 2.65. The molecule has 0 spiro atoms. The van der Waals surface area contributed by atoms with Gasteiger partial charge < -0.3 is 10.1 Å². The van der Waals surface area contributed by atoms with Gasteiger partial charge in [0.05, 0.1) is 11.5 Å². The molecule has 0 radical (unpaired) electrons. The number of nitrogens with one attached hydrogen (secondary N) is 1. The Morgan fingerprint density at radius 2 is 1.78 bits per heavy atom. The van der Waals surface area contributed by atoms with Crippen molar-refractivity contribution in [2.75, 3.05) is 26.5 Å². The van der Waals surface area contributed by atoms with Crippen LogP contribution in [-0.2, 0) is 9.84 Å². The molecule has 0 saturated carbocycles. The van der Waals surface area contributed by atoms with Crippen molar-refractivity contribution in [3.05, 3.63) is 24.3 Å². The molecule has 0 aromatic heterocycles. The highest BCUT2D eigenvalue weighted by Gasteiger charge is 2.17. The first-order chi connectivity index (χ1) is 8.24. The maximum Gasteiger partial charge on any atom is 0.175 e. The Kier molecular flexibility index (Phi) is 4.76. The molecule has 0 bridgehead atoms. The molecule has 0 amide bonds. The average molecular weight is 271 g/mol. The van der Waals surface area contributed by atoms with Crippen LogP contribution in [0.1, 0.15) is 13.8 Å². The lowest BCUT2D eigenvalue weighted by Gasteiger charge is -2.24. The van der Waals surface area contributed by atoms with Gasteiger partial charge in [-0.1, -0.05) is 13.8 Å². The first kappa shape index (κ1) is 15.0. The fourth-order valence-electron chi connectivity index (χ4n) is 1.59. The van der Waals surface area contributed by atoms with Crippen molar-refractivity contribution in [2.45, 2.75) is 18.7 Å². The monoisotopic (exact) mass is 271 g/mol. The van der Waals surface area contributed by atoms with Crippen molar-refractivity contribution in [2.24, 2.45) is 5.41 Å². The van der Waals surface area contributed by atoms with Crippen molar-refractivity contribution < 1.29 is 13.2 Å². The average Bonchev–Trinajstić information content (AvgIpc) is 2.26. The number of sulfone groups is 1. The molecule has 0 atom stereocenters. The van der Waals surface area contributed by atoms with E-state index in [0.717, 1.165) is 6.54 Å². The first-order valence-corrected chi connectivity index (χ1v) is 7.71. The van der Waals surface area contributed by atoms with Crippen LogP contribution in [0.4, 0.5) is 0 Å². The summed E-state index contributed by atoms with van der Waals surface area (Å²) in [6.45, 7) is 5.64. The van der Waals surface area contributed by atoms with Crippen LogP contribution in [0, 0.1) is 5.41 Å². The van der Waals surface area contributed by atoms with Gasteiger partial charge in [-0.2, -0.15) is 0 Å². The summed E-state index contributed by atoms with van der Waals surface area (Å²) in [5, 5.41) is 3.11. The standard InChI is InChI=1S/C13H21NO3S/c1-13(2,9-14-3)10-17-11-5-7-12(8-6-11)18(4,15)16/h5-8,14H,9-10H2,1-4H3. The van der Waals surface area contributed by atoms with E-state index < -0.39 is 9.84 Å². The van der Waals surface area contributed by atoms with Crippen LogP contribution in [0.2, 0.25) is 0 Å². The second-order valence-corrected chi connectivity index (χ2v) is 7.24. The molecule has 4 nitrogen and oxygen atoms in total. The molecular formula is C13H21NO3S. The molecule has 0 heterocycles. The smallest absolute Gasteiger partial charge is 0.175 e. The lowest BCUT2D eigenvalue weighted by atomic mass is 9.95. The number of ether oxygens (including phenoxy) is 1. The maximum atomic E-state index is 11.3. The minimum atomic E-state index is -3.14. The van der Waals surface area contributed by atoms with Gasteiger partial charge in [0.25, 0.3) is 0 Å². The molecule has 0 aliphatic heterocycles. The first-order valence-electron chi connectivity index (χ1n) is 5.82. The van der Waals surface area contributed by atoms with Crippen molar-refractivity contribution in [3.8, 4) is 5.75 Å². The SMILES string of the molecule is CNCC(C)(C)COc1ccc(S(C)(=O)=O)cc1. The number of rotatable bonds is 6. The Hall–Kier alpha value is -1.07. The van der Waals surface area contributed by atoms with E-state index in [0.29, 0.717) is 17.3 Å². The Morgan fingerprint density at radius 3 is 2.22 bits per heavy atom. The van der Waals surface area contributed by atoms with Gasteiger partial charge >= 0.3 is 0 Å². The predicted molar refractivity (Wildman–Crippen MR) is 72.8 cm³/mol. The molecule has 1 rings (SSSR count). The van der Waals surface area contributed by atoms with Crippen LogP contribution in [0.5, 0.6) is 5.75 Å². The Bertz CT molecular complexity index is 477. The molecule has 18 heavy (non-hydrogen) atoms. The van der Waals surface area contributed by atoms with Gasteiger partial charge in [-0.15, -0.1) is 0 Å². The number of hydrogen-bond donors (Lipinski definition) is 1. The zero-order chi connectivity index (χ0) is 13.8. The number of hydrogen-bond acceptors (Lipinski definition) is 4. The van der Waals surface area contributed by atoms with E-state index in [1.165, 1.54) is 6.26 Å². The fourth-order valence-corrected chi connectivity index (χ4v) is 2.22. The van der Waals surface area contributed by atoms with Crippen molar-refractivity contribution >= 4 is 9.84 Å². The van der Waals surface area contributed by atoms with Crippen LogP contribution >= 0.6 is 0 Å². The molecule has 0 saturated heterocycles. The van der Waals surface area contributed by atoms with Crippen molar-refractivity contribution in [1.82, 2.24) is 5.32 Å². The van der Waals surface area contributed by atoms with E-state index in [1.54, 1.807) is 24.3 Å². The van der Waals surface area contributed by atoms with E-state index in [-0.39, 0.29) is 5.41 Å². The summed E-state index contributed by atoms with van der Waals surface area (Å²) in [6.07, 6.45) is 1.19. The lowest BCUT2D eigenvalue weighted by molar-refractivity contribution is 0.179. The second-order valence-electron chi connectivity index (χ2n) is 5.23. The summed E-state index contributed by atoms with van der Waals surface area (Å²) in [4.78, 5) is 0.310. The Morgan fingerprint density at radius 1 is 1.22 bits per heavy atom. The third-order valence-electron chi connectivity index (χ3n) is 2.54. The molecule has 5 heteroatoms. The summed E-state index contributed by atoms with van der Waals surface area (Å²) < 4.78 is 28.3. The summed E-state index contributed by atoms with van der Waals surface area (Å²) >= 11 is 0. The summed E-state index contributed by atoms with van der Waals surface area (Å²) in [5.41, 5.74) is 0.0320. The Labute approximate surface area is 109 Å². The van der Waals surface area contributed by atoms with E-state index in [4.69, 9.17) is 4.74 Å². The van der Waals surface area contributed by atoms with Crippen LogP contribution in [-0.4, -0.2) is 34.9 Å². The fraction of sp³-hybridized carbons (Fsp3) is 0.538. The van der Waals surface area contributed by atoms with Crippen LogP contribution in [0.15, 0.2) is 29.2 Å². The normalized spacial score (nSPS) is 12.4.